The molecule has 3 aromatic rings. The minimum absolute atomic E-state index is 0.301. The molecule has 0 unspecified atom stereocenters. The zero-order valence-corrected chi connectivity index (χ0v) is 14.2. The van der Waals surface area contributed by atoms with Crippen LogP contribution in [0.1, 0.15) is 20.8 Å². The second-order valence-corrected chi connectivity index (χ2v) is 6.46. The van der Waals surface area contributed by atoms with Crippen molar-refractivity contribution < 1.29 is 9.53 Å². The van der Waals surface area contributed by atoms with Gasteiger partial charge >= 0.3 is 6.09 Å². The monoisotopic (exact) mass is 338 g/mol. The number of nitrogens with one attached hydrogen (secondary N) is 1. The van der Waals surface area contributed by atoms with Crippen LogP contribution >= 0.6 is 0 Å². The van der Waals surface area contributed by atoms with E-state index in [1.807, 2.05) is 0 Å². The van der Waals surface area contributed by atoms with E-state index >= 15 is 0 Å². The zero-order valence-electron chi connectivity index (χ0n) is 14.2. The summed E-state index contributed by atoms with van der Waals surface area (Å²) in [6, 6.07) is 8.56. The van der Waals surface area contributed by atoms with Gasteiger partial charge in [0.1, 0.15) is 11.9 Å². The normalized spacial score (nSPS) is 11.3. The number of ether oxygens (including phenoxy) is 1. The van der Waals surface area contributed by atoms with Gasteiger partial charge in [-0.2, -0.15) is 0 Å². The van der Waals surface area contributed by atoms with Crippen molar-refractivity contribution in [3.63, 3.8) is 0 Å². The Labute approximate surface area is 144 Å². The first kappa shape index (κ1) is 16.6. The van der Waals surface area contributed by atoms with Gasteiger partial charge < -0.3 is 4.74 Å². The Morgan fingerprint density at radius 1 is 1.20 bits per heavy atom. The molecule has 0 spiro atoms. The van der Waals surface area contributed by atoms with Gasteiger partial charge in [-0.25, -0.2) is 9.78 Å². The highest BCUT2D eigenvalue weighted by Crippen LogP contribution is 2.20. The Morgan fingerprint density at radius 2 is 2.00 bits per heavy atom. The summed E-state index contributed by atoms with van der Waals surface area (Å²) in [5, 5.41) is 2.94. The number of pyridine rings is 1. The van der Waals surface area contributed by atoms with Gasteiger partial charge in [-0.05, 0) is 45.0 Å². The minimum atomic E-state index is -0.636. The first-order valence-corrected chi connectivity index (χ1v) is 7.76. The summed E-state index contributed by atoms with van der Waals surface area (Å²) in [6.45, 7) is 5.31. The highest BCUT2D eigenvalue weighted by molar-refractivity contribution is 5.98. The second-order valence-electron chi connectivity index (χ2n) is 6.46. The predicted octanol–water partition coefficient (Wildman–Crippen LogP) is 3.13. The Bertz CT molecular complexity index is 975. The number of hydrogen-bond acceptors (Lipinski definition) is 5. The number of benzene rings is 1. The molecule has 1 amide bonds. The van der Waals surface area contributed by atoms with Gasteiger partial charge in [0.25, 0.3) is 5.56 Å². The van der Waals surface area contributed by atoms with Gasteiger partial charge in [-0.15, -0.1) is 0 Å². The molecule has 0 bridgehead atoms. The third-order valence-corrected chi connectivity index (χ3v) is 3.35. The molecule has 3 rings (SSSR count). The molecular weight excluding hydrogens is 320 g/mol. The number of hydrogen-bond donors (Lipinski definition) is 1. The Morgan fingerprint density at radius 3 is 2.68 bits per heavy atom. The van der Waals surface area contributed by atoms with Crippen LogP contribution < -0.4 is 10.9 Å². The standard InChI is InChI=1S/C18H18N4O3/c1-18(2,3)25-17(24)21-14-8-4-7-13-15(14)16(23)22(11-20-13)12-6-5-9-19-10-12/h4-11H,1-3H3,(H,21,24). The Balaban J connectivity index is 2.08. The van der Waals surface area contributed by atoms with Crippen LogP contribution in [0.3, 0.4) is 0 Å². The van der Waals surface area contributed by atoms with Crippen LogP contribution in [0.25, 0.3) is 16.6 Å². The van der Waals surface area contributed by atoms with Crippen LogP contribution in [-0.2, 0) is 4.74 Å². The van der Waals surface area contributed by atoms with Crippen LogP contribution in [0.5, 0.6) is 0 Å². The average Bonchev–Trinajstić information content (AvgIpc) is 2.54. The van der Waals surface area contributed by atoms with Crippen LogP contribution in [0.15, 0.2) is 53.8 Å². The van der Waals surface area contributed by atoms with Gasteiger partial charge in [-0.3, -0.25) is 19.7 Å². The van der Waals surface area contributed by atoms with Crippen molar-refractivity contribution in [2.24, 2.45) is 0 Å². The zero-order chi connectivity index (χ0) is 18.0. The fourth-order valence-corrected chi connectivity index (χ4v) is 2.36. The molecule has 7 nitrogen and oxygen atoms in total. The fraction of sp³-hybridized carbons (Fsp3) is 0.222. The molecule has 0 radical (unpaired) electrons. The predicted molar refractivity (Wildman–Crippen MR) is 95.0 cm³/mol. The van der Waals surface area contributed by atoms with Gasteiger partial charge in [-0.1, -0.05) is 6.07 Å². The van der Waals surface area contributed by atoms with Gasteiger partial charge in [0.05, 0.1) is 28.5 Å². The molecule has 1 aromatic carbocycles. The molecule has 1 N–H and O–H groups in total. The molecule has 7 heteroatoms. The van der Waals surface area contributed by atoms with E-state index in [0.29, 0.717) is 22.3 Å². The maximum atomic E-state index is 12.9. The molecule has 0 aliphatic rings. The van der Waals surface area contributed by atoms with Crippen LogP contribution in [0, 0.1) is 0 Å². The van der Waals surface area contributed by atoms with Crippen LogP contribution in [0.4, 0.5) is 10.5 Å². The SMILES string of the molecule is CC(C)(C)OC(=O)Nc1cccc2ncn(-c3cccnc3)c(=O)c12. The molecule has 25 heavy (non-hydrogen) atoms. The molecule has 0 fully saturated rings. The highest BCUT2D eigenvalue weighted by atomic mass is 16.6. The van der Waals surface area contributed by atoms with E-state index in [1.165, 1.54) is 10.9 Å². The van der Waals surface area contributed by atoms with Crippen LogP contribution in [0.2, 0.25) is 0 Å². The van der Waals surface area contributed by atoms with Crippen molar-refractivity contribution in [3.8, 4) is 5.69 Å². The average molecular weight is 338 g/mol. The number of anilines is 1. The van der Waals surface area contributed by atoms with Gasteiger partial charge in [0.2, 0.25) is 0 Å². The summed E-state index contributed by atoms with van der Waals surface area (Å²) < 4.78 is 6.64. The maximum Gasteiger partial charge on any atom is 0.412 e. The summed E-state index contributed by atoms with van der Waals surface area (Å²) in [4.78, 5) is 33.3. The third-order valence-electron chi connectivity index (χ3n) is 3.35. The Kier molecular flexibility index (Phi) is 4.22. The number of rotatable bonds is 2. The number of nitrogens with zero attached hydrogens (tertiary/aromatic N) is 3. The van der Waals surface area contributed by atoms with Crippen molar-refractivity contribution in [1.82, 2.24) is 14.5 Å². The van der Waals surface area contributed by atoms with Gasteiger partial charge in [0, 0.05) is 6.20 Å². The van der Waals surface area contributed by atoms with Crippen LogP contribution in [-0.4, -0.2) is 26.2 Å². The van der Waals surface area contributed by atoms with E-state index in [4.69, 9.17) is 4.74 Å². The number of fused-ring (bicyclic) bond motifs is 1. The van der Waals surface area contributed by atoms with E-state index in [1.54, 1.807) is 63.5 Å². The first-order chi connectivity index (χ1) is 11.8. The lowest BCUT2D eigenvalue weighted by atomic mass is 10.2. The van der Waals surface area contributed by atoms with E-state index in [2.05, 4.69) is 15.3 Å². The van der Waals surface area contributed by atoms with Crippen molar-refractivity contribution in [3.05, 3.63) is 59.4 Å². The summed E-state index contributed by atoms with van der Waals surface area (Å²) in [5.74, 6) is 0. The lowest BCUT2D eigenvalue weighted by molar-refractivity contribution is 0.0636. The van der Waals surface area contributed by atoms with Crippen molar-refractivity contribution in [1.29, 1.82) is 0 Å². The third kappa shape index (κ3) is 3.65. The van der Waals surface area contributed by atoms with Crippen molar-refractivity contribution in [2.75, 3.05) is 5.32 Å². The maximum absolute atomic E-state index is 12.9. The smallest absolute Gasteiger partial charge is 0.412 e. The second kappa shape index (κ2) is 6.35. The molecule has 0 saturated heterocycles. The lowest BCUT2D eigenvalue weighted by Gasteiger charge is -2.20. The summed E-state index contributed by atoms with van der Waals surface area (Å²) in [6.07, 6.45) is 4.01. The first-order valence-electron chi connectivity index (χ1n) is 7.76. The molecular formula is C18H18N4O3. The Hall–Kier alpha value is -3.22. The number of aromatic nitrogens is 3. The minimum Gasteiger partial charge on any atom is -0.444 e. The molecule has 128 valence electrons. The van der Waals surface area contributed by atoms with E-state index in [9.17, 15) is 9.59 Å². The fourth-order valence-electron chi connectivity index (χ4n) is 2.36. The topological polar surface area (TPSA) is 86.1 Å². The number of amides is 1. The quantitative estimate of drug-likeness (QED) is 0.776. The summed E-state index contributed by atoms with van der Waals surface area (Å²) in [7, 11) is 0. The van der Waals surface area contributed by atoms with Gasteiger partial charge in [0.15, 0.2) is 0 Å². The molecule has 0 aliphatic carbocycles. The number of carbonyl (C=O) groups is 1. The van der Waals surface area contributed by atoms with E-state index in [-0.39, 0.29) is 5.56 Å². The van der Waals surface area contributed by atoms with Crippen molar-refractivity contribution in [2.45, 2.75) is 26.4 Å². The van der Waals surface area contributed by atoms with Crippen molar-refractivity contribution >= 4 is 22.7 Å². The molecule has 0 aliphatic heterocycles. The lowest BCUT2D eigenvalue weighted by Crippen LogP contribution is -2.28. The van der Waals surface area contributed by atoms with E-state index < -0.39 is 11.7 Å². The molecule has 0 saturated carbocycles. The highest BCUT2D eigenvalue weighted by Gasteiger charge is 2.18. The summed E-state index contributed by atoms with van der Waals surface area (Å²) in [5.41, 5.74) is 0.489. The molecule has 2 heterocycles. The largest absolute Gasteiger partial charge is 0.444 e. The summed E-state index contributed by atoms with van der Waals surface area (Å²) >= 11 is 0. The molecule has 0 atom stereocenters. The number of carbonyl (C=O) groups excluding carboxylic acids is 1. The van der Waals surface area contributed by atoms with E-state index in [0.717, 1.165) is 0 Å². The molecule has 2 aromatic heterocycles.